The van der Waals surface area contributed by atoms with Gasteiger partial charge < -0.3 is 21.3 Å². The molecule has 0 bridgehead atoms. The lowest BCUT2D eigenvalue weighted by Crippen LogP contribution is -2.54. The van der Waals surface area contributed by atoms with Crippen molar-refractivity contribution in [3.63, 3.8) is 0 Å². The molecular formula is C27H31N9. The van der Waals surface area contributed by atoms with E-state index in [0.29, 0.717) is 23.8 Å². The lowest BCUT2D eigenvalue weighted by molar-refractivity contribution is 0.407. The molecule has 184 valence electrons. The van der Waals surface area contributed by atoms with E-state index >= 15 is 0 Å². The predicted octanol–water partition coefficient (Wildman–Crippen LogP) is 3.73. The summed E-state index contributed by atoms with van der Waals surface area (Å²) in [4.78, 5) is 6.83. The number of fused-ring (bicyclic) bond motifs is 3. The molecule has 9 nitrogen and oxygen atoms in total. The van der Waals surface area contributed by atoms with Crippen LogP contribution in [0, 0.1) is 0 Å². The predicted molar refractivity (Wildman–Crippen MR) is 143 cm³/mol. The average molecular weight is 482 g/mol. The zero-order valence-corrected chi connectivity index (χ0v) is 20.6. The largest absolute Gasteiger partial charge is 0.368 e. The first-order valence-corrected chi connectivity index (χ1v) is 12.6. The van der Waals surface area contributed by atoms with Crippen molar-refractivity contribution < 1.29 is 0 Å². The van der Waals surface area contributed by atoms with E-state index in [-0.39, 0.29) is 5.95 Å². The van der Waals surface area contributed by atoms with Crippen molar-refractivity contribution in [2.75, 3.05) is 29.0 Å². The first kappa shape index (κ1) is 22.5. The van der Waals surface area contributed by atoms with E-state index in [0.717, 1.165) is 54.9 Å². The SMILES string of the molecule is CC1CN(c2ccc(Nc3nc(N)n(-c4cc5c(nn4)-c4ccccc4CCC5)n3)cc2)CC(C)N1. The van der Waals surface area contributed by atoms with Crippen molar-refractivity contribution in [1.82, 2.24) is 30.3 Å². The van der Waals surface area contributed by atoms with E-state index in [1.807, 2.05) is 24.3 Å². The first-order valence-electron chi connectivity index (χ1n) is 12.6. The highest BCUT2D eigenvalue weighted by atomic mass is 15.4. The van der Waals surface area contributed by atoms with Gasteiger partial charge in [-0.2, -0.15) is 9.67 Å². The van der Waals surface area contributed by atoms with Gasteiger partial charge in [0, 0.05) is 42.1 Å². The molecule has 1 aliphatic carbocycles. The van der Waals surface area contributed by atoms with Gasteiger partial charge in [-0.15, -0.1) is 15.3 Å². The van der Waals surface area contributed by atoms with Crippen molar-refractivity contribution >= 4 is 23.3 Å². The standard InChI is InChI=1S/C27H31N9/c1-17-15-35(16-18(2)29-17)22-12-10-21(11-13-22)30-27-31-26(28)36(34-27)24-14-20-8-5-7-19-6-3-4-9-23(19)25(20)33-32-24/h3-4,6,9-14,17-18,29H,5,7-8,15-16H2,1-2H3,(H3,28,30,31,34). The van der Waals surface area contributed by atoms with Gasteiger partial charge in [-0.05, 0) is 74.6 Å². The van der Waals surface area contributed by atoms with E-state index in [4.69, 9.17) is 5.73 Å². The maximum Gasteiger partial charge on any atom is 0.248 e. The van der Waals surface area contributed by atoms with E-state index in [2.05, 4.69) is 80.0 Å². The lowest BCUT2D eigenvalue weighted by atomic mass is 10.0. The fourth-order valence-corrected chi connectivity index (χ4v) is 5.35. The molecule has 9 heteroatoms. The third-order valence-electron chi connectivity index (χ3n) is 6.92. The topological polar surface area (TPSA) is 110 Å². The van der Waals surface area contributed by atoms with Gasteiger partial charge in [-0.25, -0.2) is 0 Å². The molecule has 36 heavy (non-hydrogen) atoms. The zero-order chi connectivity index (χ0) is 24.6. The van der Waals surface area contributed by atoms with E-state index in [1.165, 1.54) is 11.3 Å². The number of piperazine rings is 1. The molecule has 2 unspecified atom stereocenters. The number of nitrogen functional groups attached to an aromatic ring is 1. The number of nitrogens with two attached hydrogens (primary N) is 1. The Balaban J connectivity index is 1.21. The van der Waals surface area contributed by atoms with Crippen LogP contribution in [0.3, 0.4) is 0 Å². The number of rotatable bonds is 4. The van der Waals surface area contributed by atoms with E-state index < -0.39 is 0 Å². The number of nitrogens with one attached hydrogen (secondary N) is 2. The Morgan fingerprint density at radius 1 is 0.944 bits per heavy atom. The highest BCUT2D eigenvalue weighted by Gasteiger charge is 2.21. The normalized spacial score (nSPS) is 19.3. The van der Waals surface area contributed by atoms with Crippen molar-refractivity contribution in [2.45, 2.75) is 45.2 Å². The van der Waals surface area contributed by atoms with Crippen LogP contribution in [0.5, 0.6) is 0 Å². The maximum atomic E-state index is 6.23. The summed E-state index contributed by atoms with van der Waals surface area (Å²) < 4.78 is 1.55. The minimum Gasteiger partial charge on any atom is -0.368 e. The molecule has 6 rings (SSSR count). The molecule has 2 atom stereocenters. The minimum absolute atomic E-state index is 0.265. The maximum absolute atomic E-state index is 6.23. The first-order chi connectivity index (χ1) is 17.5. The van der Waals surface area contributed by atoms with Gasteiger partial charge in [-0.3, -0.25) is 0 Å². The van der Waals surface area contributed by atoms with Gasteiger partial charge in [0.1, 0.15) is 0 Å². The number of hydrogen-bond donors (Lipinski definition) is 3. The fourth-order valence-electron chi connectivity index (χ4n) is 5.35. The molecule has 4 aromatic rings. The molecule has 2 aliphatic rings. The third-order valence-corrected chi connectivity index (χ3v) is 6.92. The van der Waals surface area contributed by atoms with Crippen LogP contribution < -0.4 is 21.3 Å². The summed E-state index contributed by atoms with van der Waals surface area (Å²) in [6.45, 7) is 6.43. The van der Waals surface area contributed by atoms with Crippen molar-refractivity contribution in [2.24, 2.45) is 0 Å². The van der Waals surface area contributed by atoms with Crippen LogP contribution >= 0.6 is 0 Å². The van der Waals surface area contributed by atoms with Crippen LogP contribution in [0.4, 0.5) is 23.3 Å². The summed E-state index contributed by atoms with van der Waals surface area (Å²) in [5.74, 6) is 1.26. The number of aromatic nitrogens is 5. The second-order valence-corrected chi connectivity index (χ2v) is 9.84. The summed E-state index contributed by atoms with van der Waals surface area (Å²) in [5, 5.41) is 20.4. The Labute approximate surface area is 210 Å². The van der Waals surface area contributed by atoms with Crippen molar-refractivity contribution in [3.8, 4) is 17.1 Å². The Bertz CT molecular complexity index is 1370. The Morgan fingerprint density at radius 2 is 1.69 bits per heavy atom. The van der Waals surface area contributed by atoms with Gasteiger partial charge in [0.25, 0.3) is 0 Å². The summed E-state index contributed by atoms with van der Waals surface area (Å²) in [7, 11) is 0. The van der Waals surface area contributed by atoms with Crippen LogP contribution in [0.15, 0.2) is 54.6 Å². The van der Waals surface area contributed by atoms with Crippen LogP contribution in [0.25, 0.3) is 17.1 Å². The highest BCUT2D eigenvalue weighted by molar-refractivity contribution is 5.68. The molecule has 1 saturated heterocycles. The third kappa shape index (κ3) is 4.37. The van der Waals surface area contributed by atoms with Crippen LogP contribution in [0.2, 0.25) is 0 Å². The molecule has 3 heterocycles. The Kier molecular flexibility index (Phi) is 5.77. The van der Waals surface area contributed by atoms with E-state index in [9.17, 15) is 0 Å². The number of nitrogens with zero attached hydrogens (tertiary/aromatic N) is 6. The monoisotopic (exact) mass is 481 g/mol. The molecule has 1 fully saturated rings. The van der Waals surface area contributed by atoms with Gasteiger partial charge in [0.2, 0.25) is 11.9 Å². The highest BCUT2D eigenvalue weighted by Crippen LogP contribution is 2.31. The summed E-state index contributed by atoms with van der Waals surface area (Å²) in [6.07, 6.45) is 3.03. The minimum atomic E-state index is 0.265. The van der Waals surface area contributed by atoms with E-state index in [1.54, 1.807) is 4.68 Å². The van der Waals surface area contributed by atoms with Crippen molar-refractivity contribution in [1.29, 1.82) is 0 Å². The van der Waals surface area contributed by atoms with Crippen LogP contribution in [-0.2, 0) is 12.8 Å². The summed E-state index contributed by atoms with van der Waals surface area (Å²) in [6, 6.07) is 19.7. The second kappa shape index (κ2) is 9.23. The van der Waals surface area contributed by atoms with Crippen LogP contribution in [0.1, 0.15) is 31.4 Å². The smallest absolute Gasteiger partial charge is 0.248 e. The Morgan fingerprint density at radius 3 is 2.50 bits per heavy atom. The molecule has 0 amide bonds. The molecule has 4 N–H and O–H groups in total. The number of hydrogen-bond acceptors (Lipinski definition) is 8. The number of aryl methyl sites for hydroxylation is 2. The van der Waals surface area contributed by atoms with Crippen molar-refractivity contribution in [3.05, 3.63) is 65.7 Å². The molecule has 1 aliphatic heterocycles. The van der Waals surface area contributed by atoms with Gasteiger partial charge in [0.15, 0.2) is 5.82 Å². The lowest BCUT2D eigenvalue weighted by Gasteiger charge is -2.37. The average Bonchev–Trinajstić information content (AvgIpc) is 3.13. The number of benzene rings is 2. The second-order valence-electron chi connectivity index (χ2n) is 9.84. The quantitative estimate of drug-likeness (QED) is 0.405. The van der Waals surface area contributed by atoms with Crippen LogP contribution in [-0.4, -0.2) is 50.1 Å². The molecule has 0 spiro atoms. The molecule has 0 saturated carbocycles. The summed E-state index contributed by atoms with van der Waals surface area (Å²) >= 11 is 0. The fraction of sp³-hybridized carbons (Fsp3) is 0.333. The molecule has 0 radical (unpaired) electrons. The van der Waals surface area contributed by atoms with Gasteiger partial charge >= 0.3 is 0 Å². The molecule has 2 aromatic heterocycles. The van der Waals surface area contributed by atoms with Gasteiger partial charge in [0.05, 0.1) is 5.69 Å². The number of anilines is 4. The molecule has 2 aromatic carbocycles. The molecular weight excluding hydrogens is 450 g/mol. The summed E-state index contributed by atoms with van der Waals surface area (Å²) in [5.41, 5.74) is 12.9. The Hall–Kier alpha value is -3.98. The van der Waals surface area contributed by atoms with Gasteiger partial charge in [-0.1, -0.05) is 24.3 Å². The zero-order valence-electron chi connectivity index (χ0n) is 20.6.